The van der Waals surface area contributed by atoms with Crippen molar-refractivity contribution in [2.75, 3.05) is 5.32 Å². The molecule has 2 N–H and O–H groups in total. The Hall–Kier alpha value is -3.15. The van der Waals surface area contributed by atoms with E-state index in [-0.39, 0.29) is 5.56 Å². The number of benzene rings is 1. The van der Waals surface area contributed by atoms with Gasteiger partial charge in [0.2, 0.25) is 5.13 Å². The number of nitrogens with zero attached hydrogens (tertiary/aromatic N) is 6. The highest BCUT2D eigenvalue weighted by atomic mass is 35.5. The number of pyridine rings is 1. The molecule has 1 aromatic carbocycles. The molecule has 5 rings (SSSR count). The predicted octanol–water partition coefficient (Wildman–Crippen LogP) is 4.00. The van der Waals surface area contributed by atoms with Crippen LogP contribution in [-0.2, 0) is 7.05 Å². The van der Waals surface area contributed by atoms with Crippen LogP contribution in [0.4, 0.5) is 10.8 Å². The molecule has 0 saturated carbocycles. The Morgan fingerprint density at radius 2 is 2.10 bits per heavy atom. The van der Waals surface area contributed by atoms with E-state index in [9.17, 15) is 4.79 Å². The normalized spacial score (nSPS) is 11.3. The van der Waals surface area contributed by atoms with Crippen molar-refractivity contribution < 1.29 is 0 Å². The molecule has 0 amide bonds. The van der Waals surface area contributed by atoms with Gasteiger partial charge in [0.1, 0.15) is 10.8 Å². The van der Waals surface area contributed by atoms with Crippen molar-refractivity contribution in [3.8, 4) is 21.1 Å². The van der Waals surface area contributed by atoms with Crippen LogP contribution in [0.15, 0.2) is 35.4 Å². The number of nitrogens with one attached hydrogen (secondary N) is 2. The van der Waals surface area contributed by atoms with Gasteiger partial charge >= 0.3 is 0 Å². The van der Waals surface area contributed by atoms with E-state index in [1.807, 2.05) is 12.1 Å². The van der Waals surface area contributed by atoms with Gasteiger partial charge in [-0.25, -0.2) is 4.98 Å². The van der Waals surface area contributed by atoms with E-state index in [4.69, 9.17) is 11.6 Å². The molecule has 0 aliphatic rings. The van der Waals surface area contributed by atoms with E-state index >= 15 is 0 Å². The SMILES string of the molecule is Cc1nsc(-c2cc(-c3nnc(Nc4ccc5[nH]ncc5c4Cl)s3)cn(C)c2=O)n1. The first-order valence-corrected chi connectivity index (χ1v) is 10.7. The molecule has 30 heavy (non-hydrogen) atoms. The standard InChI is InChI=1S/C18H13ClN8OS2/c1-8-21-16(30-26-8)10-5-9(7-27(2)17(10)28)15-24-25-18(29-15)22-13-4-3-12-11(14(13)19)6-20-23-12/h3-7H,1-2H3,(H,20,23)(H,22,25). The van der Waals surface area contributed by atoms with E-state index in [1.54, 1.807) is 32.4 Å². The molecule has 0 unspecified atom stereocenters. The zero-order valence-corrected chi connectivity index (χ0v) is 18.1. The highest BCUT2D eigenvalue weighted by Crippen LogP contribution is 2.34. The van der Waals surface area contributed by atoms with E-state index < -0.39 is 0 Å². The van der Waals surface area contributed by atoms with Gasteiger partial charge in [-0.2, -0.15) is 9.47 Å². The predicted molar refractivity (Wildman–Crippen MR) is 119 cm³/mol. The molecule has 0 bridgehead atoms. The molecule has 4 heterocycles. The average molecular weight is 457 g/mol. The van der Waals surface area contributed by atoms with Crippen LogP contribution in [0.2, 0.25) is 5.02 Å². The Bertz CT molecular complexity index is 1450. The number of aromatic nitrogens is 7. The van der Waals surface area contributed by atoms with Crippen LogP contribution in [0, 0.1) is 6.92 Å². The van der Waals surface area contributed by atoms with Crippen LogP contribution in [0.25, 0.3) is 32.0 Å². The molecule has 0 aliphatic heterocycles. The van der Waals surface area contributed by atoms with Gasteiger partial charge in [0, 0.05) is 24.2 Å². The van der Waals surface area contributed by atoms with Crippen LogP contribution in [0.1, 0.15) is 5.82 Å². The van der Waals surface area contributed by atoms with Crippen molar-refractivity contribution in [3.63, 3.8) is 0 Å². The highest BCUT2D eigenvalue weighted by Gasteiger charge is 2.16. The average Bonchev–Trinajstić information content (AvgIpc) is 3.47. The summed E-state index contributed by atoms with van der Waals surface area (Å²) in [7, 11) is 1.70. The molecule has 0 fully saturated rings. The first kappa shape index (κ1) is 18.9. The van der Waals surface area contributed by atoms with Crippen LogP contribution < -0.4 is 10.9 Å². The molecule has 0 atom stereocenters. The smallest absolute Gasteiger partial charge is 0.260 e. The number of halogens is 1. The lowest BCUT2D eigenvalue weighted by molar-refractivity contribution is 0.863. The van der Waals surface area contributed by atoms with E-state index in [2.05, 4.69) is 35.1 Å². The topological polar surface area (TPSA) is 114 Å². The second kappa shape index (κ2) is 7.27. The van der Waals surface area contributed by atoms with Crippen molar-refractivity contribution in [1.29, 1.82) is 0 Å². The van der Waals surface area contributed by atoms with Crippen LogP contribution >= 0.6 is 34.5 Å². The molecular formula is C18H13ClN8OS2. The van der Waals surface area contributed by atoms with Gasteiger partial charge < -0.3 is 9.88 Å². The van der Waals surface area contributed by atoms with E-state index in [0.29, 0.717) is 37.2 Å². The van der Waals surface area contributed by atoms with Gasteiger partial charge in [-0.3, -0.25) is 9.89 Å². The number of H-pyrrole nitrogens is 1. The molecule has 9 nitrogen and oxygen atoms in total. The molecule has 150 valence electrons. The van der Waals surface area contributed by atoms with Gasteiger partial charge in [0.25, 0.3) is 5.56 Å². The van der Waals surface area contributed by atoms with Gasteiger partial charge in [0.05, 0.1) is 28.0 Å². The van der Waals surface area contributed by atoms with Crippen molar-refractivity contribution in [3.05, 3.63) is 51.8 Å². The summed E-state index contributed by atoms with van der Waals surface area (Å²) >= 11 is 9.02. The number of hydrogen-bond acceptors (Lipinski definition) is 9. The molecule has 0 radical (unpaired) electrons. The maximum atomic E-state index is 12.6. The minimum absolute atomic E-state index is 0.141. The third-order valence-corrected chi connectivity index (χ3v) is 6.55. The van der Waals surface area contributed by atoms with Gasteiger partial charge in [-0.05, 0) is 36.7 Å². The molecule has 0 saturated heterocycles. The quantitative estimate of drug-likeness (QED) is 0.420. The summed E-state index contributed by atoms with van der Waals surface area (Å²) in [6, 6.07) is 5.52. The third kappa shape index (κ3) is 3.26. The summed E-state index contributed by atoms with van der Waals surface area (Å²) in [6.45, 7) is 1.79. The molecule has 4 aromatic heterocycles. The minimum atomic E-state index is -0.141. The lowest BCUT2D eigenvalue weighted by Crippen LogP contribution is -2.18. The lowest BCUT2D eigenvalue weighted by atomic mass is 10.2. The fourth-order valence-electron chi connectivity index (χ4n) is 2.97. The Kier molecular flexibility index (Phi) is 4.57. The van der Waals surface area contributed by atoms with Crippen molar-refractivity contribution in [2.45, 2.75) is 6.92 Å². The highest BCUT2D eigenvalue weighted by molar-refractivity contribution is 7.18. The van der Waals surface area contributed by atoms with Crippen molar-refractivity contribution in [1.82, 2.24) is 34.3 Å². The molecule has 12 heteroatoms. The maximum Gasteiger partial charge on any atom is 0.260 e. The Morgan fingerprint density at radius 1 is 1.23 bits per heavy atom. The largest absolute Gasteiger partial charge is 0.329 e. The second-order valence-corrected chi connectivity index (χ2v) is 8.61. The third-order valence-electron chi connectivity index (χ3n) is 4.41. The Labute approximate surface area is 182 Å². The zero-order chi connectivity index (χ0) is 20.8. The van der Waals surface area contributed by atoms with E-state index in [1.165, 1.54) is 27.4 Å². The molecule has 0 spiro atoms. The first-order chi connectivity index (χ1) is 14.5. The fraction of sp³-hybridized carbons (Fsp3) is 0.111. The summed E-state index contributed by atoms with van der Waals surface area (Å²) in [4.78, 5) is 16.9. The summed E-state index contributed by atoms with van der Waals surface area (Å²) in [5, 5.41) is 21.8. The summed E-state index contributed by atoms with van der Waals surface area (Å²) < 4.78 is 5.68. The zero-order valence-electron chi connectivity index (χ0n) is 15.7. The minimum Gasteiger partial charge on any atom is -0.329 e. The molecule has 5 aromatic rings. The number of fused-ring (bicyclic) bond motifs is 1. The number of hydrogen-bond donors (Lipinski definition) is 2. The summed E-state index contributed by atoms with van der Waals surface area (Å²) in [6.07, 6.45) is 3.41. The van der Waals surface area contributed by atoms with Crippen LogP contribution in [0.5, 0.6) is 0 Å². The summed E-state index contributed by atoms with van der Waals surface area (Å²) in [5.74, 6) is 0.635. The number of rotatable bonds is 4. The number of aromatic amines is 1. The molecular weight excluding hydrogens is 444 g/mol. The second-order valence-electron chi connectivity index (χ2n) is 6.50. The van der Waals surface area contributed by atoms with Gasteiger partial charge in [-0.15, -0.1) is 10.2 Å². The van der Waals surface area contributed by atoms with Gasteiger partial charge in [-0.1, -0.05) is 22.9 Å². The monoisotopic (exact) mass is 456 g/mol. The maximum absolute atomic E-state index is 12.6. The Morgan fingerprint density at radius 3 is 2.90 bits per heavy atom. The van der Waals surface area contributed by atoms with Crippen molar-refractivity contribution in [2.24, 2.45) is 7.05 Å². The first-order valence-electron chi connectivity index (χ1n) is 8.73. The number of aryl methyl sites for hydroxylation is 2. The van der Waals surface area contributed by atoms with Crippen LogP contribution in [0.3, 0.4) is 0 Å². The van der Waals surface area contributed by atoms with Crippen molar-refractivity contribution >= 4 is 56.2 Å². The number of anilines is 2. The van der Waals surface area contributed by atoms with Gasteiger partial charge in [0.15, 0.2) is 5.01 Å². The van der Waals surface area contributed by atoms with E-state index in [0.717, 1.165) is 16.5 Å². The summed E-state index contributed by atoms with van der Waals surface area (Å²) in [5.41, 5.74) is 2.67. The molecule has 0 aliphatic carbocycles. The van der Waals surface area contributed by atoms with Crippen LogP contribution in [-0.4, -0.2) is 34.3 Å². The lowest BCUT2D eigenvalue weighted by Gasteiger charge is -2.05. The Balaban J connectivity index is 1.50. The fourth-order valence-corrected chi connectivity index (χ4v) is 4.65.